The maximum absolute atomic E-state index is 14.3. The molecule has 5 rings (SSSR count). The number of imidazole rings is 1. The van der Waals surface area contributed by atoms with Gasteiger partial charge in [-0.3, -0.25) is 4.98 Å². The van der Waals surface area contributed by atoms with Crippen molar-refractivity contribution in [2.24, 2.45) is 5.73 Å². The number of nitriles is 1. The number of nitrogens with two attached hydrogens (primary N) is 1. The number of aromatic amines is 1. The number of aryl methyl sites for hydroxylation is 1. The molecule has 1 fully saturated rings. The average molecular weight is 430 g/mol. The summed E-state index contributed by atoms with van der Waals surface area (Å²) in [4.78, 5) is 14.4. The Bertz CT molecular complexity index is 1390. The molecule has 3 N–H and O–H groups in total. The van der Waals surface area contributed by atoms with Gasteiger partial charge in [-0.2, -0.15) is 5.26 Å². The van der Waals surface area contributed by atoms with E-state index < -0.39 is 5.82 Å². The number of H-pyrrole nitrogens is 1. The van der Waals surface area contributed by atoms with Crippen molar-refractivity contribution in [2.45, 2.75) is 19.4 Å². The highest BCUT2D eigenvalue weighted by atomic mass is 19.1. The molecule has 3 heterocycles. The summed E-state index contributed by atoms with van der Waals surface area (Å²) in [7, 11) is 0. The fourth-order valence-electron chi connectivity index (χ4n) is 4.29. The SMILES string of the molecule is Cc1c(F)ccc2[nH]c(-c3cncc(-c4cc(F)cc(C#N)c4)c3N3CC[C@H](N)C3)nc12. The predicted molar refractivity (Wildman–Crippen MR) is 119 cm³/mol. The molecule has 1 aliphatic heterocycles. The van der Waals surface area contributed by atoms with Gasteiger partial charge in [0.15, 0.2) is 0 Å². The van der Waals surface area contributed by atoms with Gasteiger partial charge in [0, 0.05) is 42.7 Å². The minimum absolute atomic E-state index is 0.0121. The molecule has 0 amide bonds. The van der Waals surface area contributed by atoms with E-state index in [4.69, 9.17) is 5.73 Å². The molecule has 1 aliphatic rings. The van der Waals surface area contributed by atoms with E-state index in [1.165, 1.54) is 18.2 Å². The van der Waals surface area contributed by atoms with Crippen LogP contribution in [0.2, 0.25) is 0 Å². The first-order valence-corrected chi connectivity index (χ1v) is 10.3. The number of halogens is 2. The lowest BCUT2D eigenvalue weighted by atomic mass is 9.99. The summed E-state index contributed by atoms with van der Waals surface area (Å²) in [6.45, 7) is 3.03. The van der Waals surface area contributed by atoms with Crippen molar-refractivity contribution in [3.63, 3.8) is 0 Å². The van der Waals surface area contributed by atoms with Crippen LogP contribution in [0.5, 0.6) is 0 Å². The predicted octanol–water partition coefficient (Wildman–Crippen LogP) is 4.29. The number of hydrogen-bond donors (Lipinski definition) is 2. The maximum atomic E-state index is 14.3. The molecule has 1 atom stereocenters. The first-order valence-electron chi connectivity index (χ1n) is 10.3. The second kappa shape index (κ2) is 7.70. The van der Waals surface area contributed by atoms with Crippen molar-refractivity contribution in [2.75, 3.05) is 18.0 Å². The number of benzene rings is 2. The number of hydrogen-bond acceptors (Lipinski definition) is 5. The van der Waals surface area contributed by atoms with Gasteiger partial charge in [-0.15, -0.1) is 0 Å². The van der Waals surface area contributed by atoms with Crippen LogP contribution in [0.4, 0.5) is 14.5 Å². The first-order chi connectivity index (χ1) is 15.4. The van der Waals surface area contributed by atoms with E-state index in [1.807, 2.05) is 6.07 Å². The Morgan fingerprint density at radius 3 is 2.75 bits per heavy atom. The number of aromatic nitrogens is 3. The largest absolute Gasteiger partial charge is 0.369 e. The molecule has 0 spiro atoms. The molecule has 0 aliphatic carbocycles. The number of nitrogens with zero attached hydrogens (tertiary/aromatic N) is 4. The van der Waals surface area contributed by atoms with Gasteiger partial charge in [-0.25, -0.2) is 13.8 Å². The molecule has 0 bridgehead atoms. The Morgan fingerprint density at radius 2 is 2.00 bits per heavy atom. The number of nitrogens with one attached hydrogen (secondary N) is 1. The highest BCUT2D eigenvalue weighted by Crippen LogP contribution is 2.40. The quantitative estimate of drug-likeness (QED) is 0.506. The first kappa shape index (κ1) is 20.1. The maximum Gasteiger partial charge on any atom is 0.142 e. The summed E-state index contributed by atoms with van der Waals surface area (Å²) >= 11 is 0. The summed E-state index contributed by atoms with van der Waals surface area (Å²) in [6.07, 6.45) is 4.17. The average Bonchev–Trinajstić information content (AvgIpc) is 3.42. The second-order valence-corrected chi connectivity index (χ2v) is 8.07. The minimum atomic E-state index is -0.497. The van der Waals surface area contributed by atoms with Crippen LogP contribution in [-0.4, -0.2) is 34.1 Å². The van der Waals surface area contributed by atoms with Crippen LogP contribution in [0, 0.1) is 29.9 Å². The van der Waals surface area contributed by atoms with Crippen LogP contribution in [0.3, 0.4) is 0 Å². The van der Waals surface area contributed by atoms with E-state index in [0.29, 0.717) is 45.7 Å². The lowest BCUT2D eigenvalue weighted by Crippen LogP contribution is -2.27. The van der Waals surface area contributed by atoms with Crippen LogP contribution < -0.4 is 10.6 Å². The van der Waals surface area contributed by atoms with Crippen molar-refractivity contribution in [1.29, 1.82) is 5.26 Å². The van der Waals surface area contributed by atoms with Gasteiger partial charge in [0.1, 0.15) is 17.5 Å². The van der Waals surface area contributed by atoms with Gasteiger partial charge in [-0.05, 0) is 49.2 Å². The highest BCUT2D eigenvalue weighted by Gasteiger charge is 2.27. The molecule has 0 saturated carbocycles. The van der Waals surface area contributed by atoms with Gasteiger partial charge in [0.25, 0.3) is 0 Å². The van der Waals surface area contributed by atoms with E-state index in [0.717, 1.165) is 18.7 Å². The monoisotopic (exact) mass is 430 g/mol. The fourth-order valence-corrected chi connectivity index (χ4v) is 4.29. The van der Waals surface area contributed by atoms with Gasteiger partial charge < -0.3 is 15.6 Å². The van der Waals surface area contributed by atoms with Crippen molar-refractivity contribution >= 4 is 16.7 Å². The molecule has 1 saturated heterocycles. The topological polar surface area (TPSA) is 94.6 Å². The van der Waals surface area contributed by atoms with E-state index in [9.17, 15) is 14.0 Å². The number of fused-ring (bicyclic) bond motifs is 1. The van der Waals surface area contributed by atoms with Crippen LogP contribution in [0.15, 0.2) is 42.7 Å². The van der Waals surface area contributed by atoms with Crippen LogP contribution in [0.25, 0.3) is 33.5 Å². The molecule has 160 valence electrons. The Morgan fingerprint density at radius 1 is 1.19 bits per heavy atom. The highest BCUT2D eigenvalue weighted by molar-refractivity contribution is 5.91. The number of anilines is 1. The summed E-state index contributed by atoms with van der Waals surface area (Å²) in [5.74, 6) is -0.282. The van der Waals surface area contributed by atoms with E-state index in [-0.39, 0.29) is 17.4 Å². The third-order valence-corrected chi connectivity index (χ3v) is 5.89. The van der Waals surface area contributed by atoms with Gasteiger partial charge in [0.2, 0.25) is 0 Å². The van der Waals surface area contributed by atoms with Gasteiger partial charge in [0.05, 0.1) is 33.9 Å². The Hall–Kier alpha value is -3.83. The summed E-state index contributed by atoms with van der Waals surface area (Å²) < 4.78 is 28.3. The van der Waals surface area contributed by atoms with Crippen molar-refractivity contribution in [1.82, 2.24) is 15.0 Å². The standard InChI is InChI=1S/C24H20F2N6/c1-13-20(26)2-3-21-22(13)31-24(30-21)19-11-29-10-18(23(19)32-5-4-17(28)12-32)15-6-14(9-27)7-16(25)8-15/h2-3,6-8,10-11,17H,4-5,12,28H2,1H3,(H,30,31)/t17-/m0/s1. The molecule has 2 aromatic heterocycles. The number of rotatable bonds is 3. The molecule has 6 nitrogen and oxygen atoms in total. The molecule has 4 aromatic rings. The van der Waals surface area contributed by atoms with Gasteiger partial charge >= 0.3 is 0 Å². The molecule has 0 unspecified atom stereocenters. The third-order valence-electron chi connectivity index (χ3n) is 5.89. The molecule has 8 heteroatoms. The molecular weight excluding hydrogens is 410 g/mol. The zero-order valence-corrected chi connectivity index (χ0v) is 17.4. The molecule has 0 radical (unpaired) electrons. The minimum Gasteiger partial charge on any atom is -0.369 e. The zero-order valence-electron chi connectivity index (χ0n) is 17.4. The normalized spacial score (nSPS) is 16.0. The van der Waals surface area contributed by atoms with Crippen molar-refractivity contribution in [3.05, 3.63) is 65.5 Å². The molecule has 32 heavy (non-hydrogen) atoms. The summed E-state index contributed by atoms with van der Waals surface area (Å²) in [6, 6.07) is 9.30. The van der Waals surface area contributed by atoms with E-state index in [1.54, 1.807) is 31.5 Å². The van der Waals surface area contributed by atoms with Crippen LogP contribution in [0.1, 0.15) is 17.5 Å². The smallest absolute Gasteiger partial charge is 0.142 e. The van der Waals surface area contributed by atoms with Crippen LogP contribution in [-0.2, 0) is 0 Å². The second-order valence-electron chi connectivity index (χ2n) is 8.07. The third kappa shape index (κ3) is 3.37. The Labute approximate surface area is 183 Å². The van der Waals surface area contributed by atoms with Gasteiger partial charge in [-0.1, -0.05) is 0 Å². The van der Waals surface area contributed by atoms with Crippen molar-refractivity contribution < 1.29 is 8.78 Å². The fraction of sp³-hybridized carbons (Fsp3) is 0.208. The summed E-state index contributed by atoms with van der Waals surface area (Å²) in [5, 5.41) is 9.31. The lowest BCUT2D eigenvalue weighted by molar-refractivity contribution is 0.620. The zero-order chi connectivity index (χ0) is 22.4. The van der Waals surface area contributed by atoms with E-state index in [2.05, 4.69) is 19.9 Å². The Balaban J connectivity index is 1.76. The van der Waals surface area contributed by atoms with E-state index >= 15 is 0 Å². The Kier molecular flexibility index (Phi) is 4.83. The van der Waals surface area contributed by atoms with Crippen molar-refractivity contribution in [3.8, 4) is 28.6 Å². The molecule has 2 aromatic carbocycles. The number of pyridine rings is 1. The van der Waals surface area contributed by atoms with Crippen LogP contribution >= 0.6 is 0 Å². The summed E-state index contributed by atoms with van der Waals surface area (Å²) in [5.41, 5.74) is 10.9. The lowest BCUT2D eigenvalue weighted by Gasteiger charge is -2.24. The molecular formula is C24H20F2N6.